The first kappa shape index (κ1) is 13.6. The molecule has 1 heterocycles. The third kappa shape index (κ3) is 3.79. The van der Waals surface area contributed by atoms with Crippen molar-refractivity contribution in [3.05, 3.63) is 23.0 Å². The summed E-state index contributed by atoms with van der Waals surface area (Å²) in [7, 11) is -4.61. The van der Waals surface area contributed by atoms with E-state index < -0.39 is 14.4 Å². The molecule has 8 nitrogen and oxygen atoms in total. The lowest BCUT2D eigenvalue weighted by atomic mass is 10.1. The van der Waals surface area contributed by atoms with Crippen LogP contribution in [0.3, 0.4) is 0 Å². The topological polar surface area (TPSA) is 132 Å². The monoisotopic (exact) mass is 262 g/mol. The summed E-state index contributed by atoms with van der Waals surface area (Å²) in [6, 6.07) is 0. The van der Waals surface area contributed by atoms with Crippen LogP contribution in [0.5, 0.6) is 5.75 Å². The Labute approximate surface area is 96.4 Å². The molecular weight excluding hydrogens is 251 g/mol. The standard InChI is InChI=1S/C8H11N2O6P/c1-5-8(11)7(3-10-12)6(2-9-5)4-16-17(13,14)15/h2-3,11-12H,4H2,1H3,(H2,13,14,15)/b10-3+. The van der Waals surface area contributed by atoms with E-state index in [0.717, 1.165) is 6.21 Å². The molecule has 1 aromatic rings. The zero-order chi connectivity index (χ0) is 13.1. The third-order valence-electron chi connectivity index (χ3n) is 1.93. The second-order valence-electron chi connectivity index (χ2n) is 3.14. The van der Waals surface area contributed by atoms with E-state index in [1.165, 1.54) is 13.1 Å². The van der Waals surface area contributed by atoms with E-state index in [4.69, 9.17) is 15.0 Å². The molecule has 17 heavy (non-hydrogen) atoms. The lowest BCUT2D eigenvalue weighted by Gasteiger charge is -2.09. The van der Waals surface area contributed by atoms with Crippen LogP contribution in [0, 0.1) is 6.92 Å². The van der Waals surface area contributed by atoms with Gasteiger partial charge in [0.05, 0.1) is 18.5 Å². The van der Waals surface area contributed by atoms with Gasteiger partial charge in [-0.25, -0.2) is 4.57 Å². The van der Waals surface area contributed by atoms with Crippen LogP contribution in [0.1, 0.15) is 16.8 Å². The summed E-state index contributed by atoms with van der Waals surface area (Å²) in [6.07, 6.45) is 2.20. The van der Waals surface area contributed by atoms with Crippen molar-refractivity contribution in [1.29, 1.82) is 0 Å². The van der Waals surface area contributed by atoms with Crippen LogP contribution in [0.4, 0.5) is 0 Å². The molecule has 0 fully saturated rings. The number of nitrogens with zero attached hydrogens (tertiary/aromatic N) is 2. The first-order valence-electron chi connectivity index (χ1n) is 4.40. The van der Waals surface area contributed by atoms with Gasteiger partial charge in [0.1, 0.15) is 5.75 Å². The molecule has 4 N–H and O–H groups in total. The molecular formula is C8H11N2O6P. The number of aromatic hydroxyl groups is 1. The number of pyridine rings is 1. The lowest BCUT2D eigenvalue weighted by molar-refractivity contribution is 0.188. The van der Waals surface area contributed by atoms with Gasteiger partial charge in [0, 0.05) is 17.3 Å². The van der Waals surface area contributed by atoms with Crippen LogP contribution in [-0.4, -0.2) is 31.3 Å². The van der Waals surface area contributed by atoms with Crippen molar-refractivity contribution >= 4 is 14.0 Å². The molecule has 94 valence electrons. The summed E-state index contributed by atoms with van der Waals surface area (Å²) in [5.41, 5.74) is 0.572. The number of phosphoric ester groups is 1. The van der Waals surface area contributed by atoms with Gasteiger partial charge in [-0.05, 0) is 6.92 Å². The minimum atomic E-state index is -4.61. The molecule has 0 spiro atoms. The SMILES string of the molecule is Cc1ncc(COP(=O)(O)O)c(/C=N/O)c1O. The normalized spacial score (nSPS) is 12.2. The Morgan fingerprint density at radius 3 is 2.76 bits per heavy atom. The predicted octanol–water partition coefficient (Wildman–Crippen LogP) is 0.513. The molecule has 0 radical (unpaired) electrons. The second kappa shape index (κ2) is 5.24. The van der Waals surface area contributed by atoms with Crippen molar-refractivity contribution in [2.24, 2.45) is 5.16 Å². The van der Waals surface area contributed by atoms with Gasteiger partial charge in [-0.3, -0.25) is 9.51 Å². The fourth-order valence-corrected chi connectivity index (χ4v) is 1.43. The van der Waals surface area contributed by atoms with Crippen LogP contribution >= 0.6 is 7.82 Å². The van der Waals surface area contributed by atoms with E-state index in [-0.39, 0.29) is 16.9 Å². The smallest absolute Gasteiger partial charge is 0.469 e. The largest absolute Gasteiger partial charge is 0.505 e. The molecule has 0 aliphatic rings. The first-order valence-corrected chi connectivity index (χ1v) is 5.93. The Hall–Kier alpha value is -1.47. The molecule has 0 aliphatic carbocycles. The van der Waals surface area contributed by atoms with E-state index >= 15 is 0 Å². The molecule has 1 rings (SSSR count). The zero-order valence-electron chi connectivity index (χ0n) is 8.81. The number of aromatic nitrogens is 1. The van der Waals surface area contributed by atoms with Crippen molar-refractivity contribution in [3.8, 4) is 5.75 Å². The molecule has 0 aromatic carbocycles. The third-order valence-corrected chi connectivity index (χ3v) is 2.40. The van der Waals surface area contributed by atoms with Crippen molar-refractivity contribution in [2.45, 2.75) is 13.5 Å². The highest BCUT2D eigenvalue weighted by molar-refractivity contribution is 7.46. The van der Waals surface area contributed by atoms with Crippen molar-refractivity contribution in [3.63, 3.8) is 0 Å². The van der Waals surface area contributed by atoms with Gasteiger partial charge in [0.25, 0.3) is 0 Å². The molecule has 0 amide bonds. The molecule has 9 heteroatoms. The minimum Gasteiger partial charge on any atom is -0.505 e. The number of oxime groups is 1. The van der Waals surface area contributed by atoms with Gasteiger partial charge in [0.2, 0.25) is 0 Å². The van der Waals surface area contributed by atoms with E-state index in [1.54, 1.807) is 0 Å². The van der Waals surface area contributed by atoms with E-state index in [0.29, 0.717) is 5.69 Å². The highest BCUT2D eigenvalue weighted by atomic mass is 31.2. The van der Waals surface area contributed by atoms with Crippen LogP contribution in [-0.2, 0) is 15.7 Å². The molecule has 0 atom stereocenters. The van der Waals surface area contributed by atoms with Crippen LogP contribution in [0.2, 0.25) is 0 Å². The molecule has 0 unspecified atom stereocenters. The fraction of sp³-hybridized carbons (Fsp3) is 0.250. The number of hydrogen-bond acceptors (Lipinski definition) is 6. The van der Waals surface area contributed by atoms with Gasteiger partial charge < -0.3 is 20.1 Å². The van der Waals surface area contributed by atoms with Crippen LogP contribution in [0.15, 0.2) is 11.4 Å². The molecule has 0 saturated carbocycles. The average Bonchev–Trinajstić information content (AvgIpc) is 2.23. The summed E-state index contributed by atoms with van der Waals surface area (Å²) in [4.78, 5) is 20.9. The molecule has 0 bridgehead atoms. The number of phosphoric acid groups is 1. The maximum Gasteiger partial charge on any atom is 0.469 e. The molecule has 0 saturated heterocycles. The maximum absolute atomic E-state index is 10.5. The first-order chi connectivity index (χ1) is 7.85. The van der Waals surface area contributed by atoms with E-state index in [2.05, 4.69) is 14.7 Å². The predicted molar refractivity (Wildman–Crippen MR) is 56.9 cm³/mol. The maximum atomic E-state index is 10.5. The highest BCUT2D eigenvalue weighted by Gasteiger charge is 2.17. The minimum absolute atomic E-state index is 0.0912. The Morgan fingerprint density at radius 1 is 1.59 bits per heavy atom. The highest BCUT2D eigenvalue weighted by Crippen LogP contribution is 2.37. The Bertz CT molecular complexity index is 483. The summed E-state index contributed by atoms with van der Waals surface area (Å²) < 4.78 is 14.8. The van der Waals surface area contributed by atoms with Gasteiger partial charge >= 0.3 is 7.82 Å². The Morgan fingerprint density at radius 2 is 2.24 bits per heavy atom. The summed E-state index contributed by atoms with van der Waals surface area (Å²) in [5, 5.41) is 20.8. The number of rotatable bonds is 4. The van der Waals surface area contributed by atoms with Crippen molar-refractivity contribution < 1.29 is 29.2 Å². The van der Waals surface area contributed by atoms with Gasteiger partial charge in [-0.2, -0.15) is 0 Å². The number of aryl methyl sites for hydroxylation is 1. The van der Waals surface area contributed by atoms with E-state index in [1.807, 2.05) is 0 Å². The second-order valence-corrected chi connectivity index (χ2v) is 4.38. The Kier molecular flexibility index (Phi) is 4.19. The zero-order valence-corrected chi connectivity index (χ0v) is 9.70. The number of hydrogen-bond donors (Lipinski definition) is 4. The average molecular weight is 262 g/mol. The Balaban J connectivity index is 3.07. The summed E-state index contributed by atoms with van der Waals surface area (Å²) >= 11 is 0. The van der Waals surface area contributed by atoms with E-state index in [9.17, 15) is 9.67 Å². The van der Waals surface area contributed by atoms with Crippen molar-refractivity contribution in [1.82, 2.24) is 4.98 Å². The molecule has 1 aromatic heterocycles. The van der Waals surface area contributed by atoms with Gasteiger partial charge in [0.15, 0.2) is 0 Å². The van der Waals surface area contributed by atoms with Gasteiger partial charge in [-0.1, -0.05) is 5.16 Å². The summed E-state index contributed by atoms with van der Waals surface area (Å²) in [5.74, 6) is -0.241. The van der Waals surface area contributed by atoms with Gasteiger partial charge in [-0.15, -0.1) is 0 Å². The van der Waals surface area contributed by atoms with Crippen molar-refractivity contribution in [2.75, 3.05) is 0 Å². The fourth-order valence-electron chi connectivity index (χ4n) is 1.12. The molecule has 0 aliphatic heterocycles. The quantitative estimate of drug-likeness (QED) is 0.269. The van der Waals surface area contributed by atoms with Crippen LogP contribution in [0.25, 0.3) is 0 Å². The van der Waals surface area contributed by atoms with Crippen LogP contribution < -0.4 is 0 Å². The summed E-state index contributed by atoms with van der Waals surface area (Å²) in [6.45, 7) is 1.06. The lowest BCUT2D eigenvalue weighted by Crippen LogP contribution is -2.00.